The molecule has 0 fully saturated rings. The van der Waals surface area contributed by atoms with Crippen LogP contribution in [0.1, 0.15) is 22.7 Å². The van der Waals surface area contributed by atoms with E-state index < -0.39 is 10.7 Å². The third-order valence-electron chi connectivity index (χ3n) is 2.80. The predicted octanol–water partition coefficient (Wildman–Crippen LogP) is 5.04. The summed E-state index contributed by atoms with van der Waals surface area (Å²) in [7, 11) is 0. The number of halogens is 2. The Morgan fingerprint density at radius 3 is 2.70 bits per heavy atom. The van der Waals surface area contributed by atoms with Crippen LogP contribution in [0.3, 0.4) is 0 Å². The second-order valence-electron chi connectivity index (χ2n) is 4.36. The lowest BCUT2D eigenvalue weighted by Crippen LogP contribution is -2.07. The van der Waals surface area contributed by atoms with Crippen molar-refractivity contribution in [3.05, 3.63) is 54.4 Å². The second kappa shape index (κ2) is 5.88. The van der Waals surface area contributed by atoms with Crippen molar-refractivity contribution < 1.29 is 9.31 Å². The minimum atomic E-state index is -0.535. The van der Waals surface area contributed by atoms with E-state index >= 15 is 0 Å². The normalized spacial score (nSPS) is 12.2. The predicted molar refractivity (Wildman–Crippen MR) is 81.8 cm³/mol. The van der Waals surface area contributed by atoms with Crippen LogP contribution in [0.5, 0.6) is 0 Å². The number of nitrogens with zero attached hydrogens (tertiary/aromatic N) is 1. The molecule has 4 nitrogen and oxygen atoms in total. The zero-order chi connectivity index (χ0) is 14.9. The number of rotatable bonds is 4. The zero-order valence-corrected chi connectivity index (χ0v) is 13.2. The summed E-state index contributed by atoms with van der Waals surface area (Å²) < 4.78 is 13.7. The summed E-state index contributed by atoms with van der Waals surface area (Å²) in [5.74, 6) is -0.535. The van der Waals surface area contributed by atoms with Gasteiger partial charge in [-0.2, -0.15) is 0 Å². The van der Waals surface area contributed by atoms with Crippen molar-refractivity contribution in [3.8, 4) is 0 Å². The molecule has 2 aromatic rings. The fraction of sp³-hybridized carbons (Fsp3) is 0.231. The summed E-state index contributed by atoms with van der Waals surface area (Å²) >= 11 is 4.56. The van der Waals surface area contributed by atoms with Crippen molar-refractivity contribution in [2.75, 3.05) is 5.32 Å². The number of nitro groups is 1. The molecule has 2 rings (SSSR count). The van der Waals surface area contributed by atoms with E-state index in [0.717, 1.165) is 15.8 Å². The number of aryl methyl sites for hydroxylation is 1. The first kappa shape index (κ1) is 14.9. The second-order valence-corrected chi connectivity index (χ2v) is 6.53. The van der Waals surface area contributed by atoms with E-state index in [1.54, 1.807) is 11.3 Å². The zero-order valence-electron chi connectivity index (χ0n) is 10.8. The third kappa shape index (κ3) is 3.16. The van der Waals surface area contributed by atoms with Crippen LogP contribution < -0.4 is 5.32 Å². The molecule has 0 saturated carbocycles. The Morgan fingerprint density at radius 2 is 2.15 bits per heavy atom. The van der Waals surface area contributed by atoms with Gasteiger partial charge in [0.05, 0.1) is 15.4 Å². The van der Waals surface area contributed by atoms with E-state index in [1.807, 2.05) is 26.0 Å². The number of anilines is 1. The maximum atomic E-state index is 13.6. The third-order valence-corrected chi connectivity index (χ3v) is 4.59. The van der Waals surface area contributed by atoms with Crippen molar-refractivity contribution in [1.82, 2.24) is 0 Å². The standard InChI is InChI=1S/C13H12BrFN2O2S/c1-7-3-4-13(20-7)8(2)16-11-6-10(15)9(14)5-12(11)17(18)19/h3-6,8,16H,1-2H3. The van der Waals surface area contributed by atoms with Gasteiger partial charge < -0.3 is 5.32 Å². The van der Waals surface area contributed by atoms with Crippen molar-refractivity contribution in [2.45, 2.75) is 19.9 Å². The summed E-state index contributed by atoms with van der Waals surface area (Å²) in [5.41, 5.74) is 0.0210. The van der Waals surface area contributed by atoms with Gasteiger partial charge in [0.25, 0.3) is 5.69 Å². The Bertz CT molecular complexity index is 660. The SMILES string of the molecule is Cc1ccc(C(C)Nc2cc(F)c(Br)cc2[N+](=O)[O-])s1. The monoisotopic (exact) mass is 358 g/mol. The van der Waals surface area contributed by atoms with Crippen LogP contribution in [-0.2, 0) is 0 Å². The molecule has 1 N–H and O–H groups in total. The Labute approximate surface area is 127 Å². The molecule has 0 spiro atoms. The molecule has 0 aliphatic heterocycles. The molecule has 1 unspecified atom stereocenters. The minimum absolute atomic E-state index is 0.0781. The van der Waals surface area contributed by atoms with Crippen LogP contribution >= 0.6 is 27.3 Å². The highest BCUT2D eigenvalue weighted by Crippen LogP contribution is 2.34. The van der Waals surface area contributed by atoms with Crippen LogP contribution in [0.2, 0.25) is 0 Å². The molecule has 0 radical (unpaired) electrons. The van der Waals surface area contributed by atoms with E-state index in [9.17, 15) is 14.5 Å². The smallest absolute Gasteiger partial charge is 0.293 e. The quantitative estimate of drug-likeness (QED) is 0.615. The largest absolute Gasteiger partial charge is 0.372 e. The summed E-state index contributed by atoms with van der Waals surface area (Å²) in [6.45, 7) is 3.87. The topological polar surface area (TPSA) is 55.2 Å². The molecule has 1 heterocycles. The van der Waals surface area contributed by atoms with Crippen LogP contribution in [0.15, 0.2) is 28.7 Å². The molecule has 1 aromatic carbocycles. The van der Waals surface area contributed by atoms with Crippen molar-refractivity contribution >= 4 is 38.6 Å². The van der Waals surface area contributed by atoms with Crippen LogP contribution in [0.4, 0.5) is 15.8 Å². The average Bonchev–Trinajstić information content (AvgIpc) is 2.80. The number of nitro benzene ring substituents is 1. The first-order valence-corrected chi connectivity index (χ1v) is 7.45. The van der Waals surface area contributed by atoms with E-state index in [-0.39, 0.29) is 21.9 Å². The number of nitrogens with one attached hydrogen (secondary N) is 1. The van der Waals surface area contributed by atoms with Gasteiger partial charge in [0.1, 0.15) is 11.5 Å². The van der Waals surface area contributed by atoms with Gasteiger partial charge >= 0.3 is 0 Å². The minimum Gasteiger partial charge on any atom is -0.372 e. The molecule has 1 atom stereocenters. The van der Waals surface area contributed by atoms with Crippen molar-refractivity contribution in [3.63, 3.8) is 0 Å². The number of thiophene rings is 1. The Hall–Kier alpha value is -1.47. The number of benzene rings is 1. The Morgan fingerprint density at radius 1 is 1.45 bits per heavy atom. The molecule has 0 amide bonds. The van der Waals surface area contributed by atoms with Gasteiger partial charge in [0, 0.05) is 21.9 Å². The first-order valence-electron chi connectivity index (χ1n) is 5.85. The summed E-state index contributed by atoms with van der Waals surface area (Å²) in [6, 6.07) is 6.12. The van der Waals surface area contributed by atoms with Gasteiger partial charge in [-0.15, -0.1) is 11.3 Å². The Kier molecular flexibility index (Phi) is 4.39. The molecule has 0 aliphatic carbocycles. The highest BCUT2D eigenvalue weighted by molar-refractivity contribution is 9.10. The molecule has 0 aliphatic rings. The van der Waals surface area contributed by atoms with Gasteiger partial charge in [-0.1, -0.05) is 0 Å². The molecule has 106 valence electrons. The van der Waals surface area contributed by atoms with Crippen LogP contribution in [0, 0.1) is 22.9 Å². The van der Waals surface area contributed by atoms with E-state index in [2.05, 4.69) is 21.2 Å². The summed E-state index contributed by atoms with van der Waals surface area (Å²) in [5, 5.41) is 14.0. The fourth-order valence-corrected chi connectivity index (χ4v) is 3.00. The van der Waals surface area contributed by atoms with Gasteiger partial charge in [-0.3, -0.25) is 10.1 Å². The highest BCUT2D eigenvalue weighted by Gasteiger charge is 2.19. The molecule has 0 saturated heterocycles. The molecular weight excluding hydrogens is 347 g/mol. The highest BCUT2D eigenvalue weighted by atomic mass is 79.9. The molecule has 0 bridgehead atoms. The fourth-order valence-electron chi connectivity index (χ4n) is 1.79. The summed E-state index contributed by atoms with van der Waals surface area (Å²) in [6.07, 6.45) is 0. The van der Waals surface area contributed by atoms with Crippen LogP contribution in [0.25, 0.3) is 0 Å². The maximum Gasteiger partial charge on any atom is 0.293 e. The molecule has 7 heteroatoms. The van der Waals surface area contributed by atoms with Gasteiger partial charge in [-0.25, -0.2) is 4.39 Å². The van der Waals surface area contributed by atoms with E-state index in [0.29, 0.717) is 0 Å². The first-order chi connectivity index (χ1) is 9.38. The van der Waals surface area contributed by atoms with Crippen molar-refractivity contribution in [1.29, 1.82) is 0 Å². The Balaban J connectivity index is 2.33. The lowest BCUT2D eigenvalue weighted by Gasteiger charge is -2.14. The van der Waals surface area contributed by atoms with E-state index in [4.69, 9.17) is 0 Å². The number of hydrogen-bond acceptors (Lipinski definition) is 4. The summed E-state index contributed by atoms with van der Waals surface area (Å²) in [4.78, 5) is 12.7. The lowest BCUT2D eigenvalue weighted by molar-refractivity contribution is -0.384. The van der Waals surface area contributed by atoms with Gasteiger partial charge in [0.2, 0.25) is 0 Å². The average molecular weight is 359 g/mol. The van der Waals surface area contributed by atoms with Crippen LogP contribution in [-0.4, -0.2) is 4.92 Å². The lowest BCUT2D eigenvalue weighted by atomic mass is 10.2. The maximum absolute atomic E-state index is 13.6. The van der Waals surface area contributed by atoms with Crippen molar-refractivity contribution in [2.24, 2.45) is 0 Å². The number of hydrogen-bond donors (Lipinski definition) is 1. The van der Waals surface area contributed by atoms with Gasteiger partial charge in [-0.05, 0) is 41.9 Å². The molecular formula is C13H12BrFN2O2S. The molecule has 1 aromatic heterocycles. The van der Waals surface area contributed by atoms with Gasteiger partial charge in [0.15, 0.2) is 0 Å². The molecule has 20 heavy (non-hydrogen) atoms. The van der Waals surface area contributed by atoms with E-state index in [1.165, 1.54) is 6.07 Å².